The van der Waals surface area contributed by atoms with Crippen LogP contribution in [0.15, 0.2) is 29.4 Å². The summed E-state index contributed by atoms with van der Waals surface area (Å²) in [7, 11) is 1.65. The van der Waals surface area contributed by atoms with Gasteiger partial charge in [-0.25, -0.2) is 9.80 Å². The van der Waals surface area contributed by atoms with Gasteiger partial charge in [0.05, 0.1) is 24.8 Å². The van der Waals surface area contributed by atoms with E-state index in [2.05, 4.69) is 32.1 Å². The van der Waals surface area contributed by atoms with E-state index in [9.17, 15) is 14.7 Å². The molecule has 1 aromatic rings. The molecule has 5 rings (SSSR count). The number of ether oxygens (including phenoxy) is 2. The van der Waals surface area contributed by atoms with Crippen LogP contribution in [0.1, 0.15) is 50.7 Å². The lowest BCUT2D eigenvalue weighted by molar-refractivity contribution is -0.141. The molecule has 176 valence electrons. The number of fused-ring (bicyclic) bond motifs is 2. The van der Waals surface area contributed by atoms with Crippen molar-refractivity contribution in [2.45, 2.75) is 57.6 Å². The highest BCUT2D eigenvalue weighted by Gasteiger charge is 2.45. The van der Waals surface area contributed by atoms with E-state index in [1.807, 2.05) is 6.07 Å². The number of carbonyl (C=O) groups excluding carboxylic acids is 1. The summed E-state index contributed by atoms with van der Waals surface area (Å²) >= 11 is 0. The topological polar surface area (TPSA) is 91.7 Å². The fourth-order valence-electron chi connectivity index (χ4n) is 5.65. The van der Waals surface area contributed by atoms with E-state index in [1.54, 1.807) is 12.1 Å². The fraction of sp³-hybridized carbons (Fsp3) is 0.560. The van der Waals surface area contributed by atoms with E-state index < -0.39 is 6.09 Å². The predicted molar refractivity (Wildman–Crippen MR) is 123 cm³/mol. The first-order valence-electron chi connectivity index (χ1n) is 11.7. The molecule has 1 aliphatic carbocycles. The SMILES string of the molecule is COc1ccc(C2=NN(C3CCN(C(=O)O)CC3)C(=O)[C@@H]3CC=CC[C@H]23)c2c1OC(C)(C)C2. The maximum absolute atomic E-state index is 13.5. The van der Waals surface area contributed by atoms with Gasteiger partial charge in [-0.3, -0.25) is 4.79 Å². The molecule has 0 radical (unpaired) electrons. The van der Waals surface area contributed by atoms with E-state index in [4.69, 9.17) is 14.6 Å². The maximum Gasteiger partial charge on any atom is 0.407 e. The minimum absolute atomic E-state index is 0.0269. The van der Waals surface area contributed by atoms with E-state index in [-0.39, 0.29) is 29.4 Å². The quantitative estimate of drug-likeness (QED) is 0.705. The van der Waals surface area contributed by atoms with Crippen LogP contribution < -0.4 is 9.47 Å². The molecule has 3 aliphatic heterocycles. The molecule has 0 spiro atoms. The molecule has 4 aliphatic rings. The van der Waals surface area contributed by atoms with Crippen LogP contribution >= 0.6 is 0 Å². The summed E-state index contributed by atoms with van der Waals surface area (Å²) in [5.41, 5.74) is 2.71. The van der Waals surface area contributed by atoms with Crippen LogP contribution in [-0.4, -0.2) is 64.6 Å². The fourth-order valence-corrected chi connectivity index (χ4v) is 5.65. The van der Waals surface area contributed by atoms with E-state index >= 15 is 0 Å². The first kappa shape index (κ1) is 21.8. The van der Waals surface area contributed by atoms with Crippen LogP contribution in [-0.2, 0) is 11.2 Å². The van der Waals surface area contributed by atoms with Gasteiger partial charge >= 0.3 is 6.09 Å². The van der Waals surface area contributed by atoms with Crippen molar-refractivity contribution >= 4 is 17.7 Å². The third kappa shape index (κ3) is 3.75. The average molecular weight is 454 g/mol. The average Bonchev–Trinajstić information content (AvgIpc) is 3.14. The first-order chi connectivity index (χ1) is 15.8. The lowest BCUT2D eigenvalue weighted by Crippen LogP contribution is -2.52. The van der Waals surface area contributed by atoms with Crippen LogP contribution in [0.4, 0.5) is 4.79 Å². The summed E-state index contributed by atoms with van der Waals surface area (Å²) in [6, 6.07) is 3.89. The van der Waals surface area contributed by atoms with Crippen molar-refractivity contribution in [2.24, 2.45) is 16.9 Å². The van der Waals surface area contributed by atoms with Gasteiger partial charge in [-0.15, -0.1) is 0 Å². The van der Waals surface area contributed by atoms with Crippen LogP contribution in [0.2, 0.25) is 0 Å². The molecule has 8 nitrogen and oxygen atoms in total. The summed E-state index contributed by atoms with van der Waals surface area (Å²) in [5, 5.41) is 16.0. The maximum atomic E-state index is 13.5. The number of allylic oxidation sites excluding steroid dienone is 2. The summed E-state index contributed by atoms with van der Waals surface area (Å²) in [6.45, 7) is 4.97. The Morgan fingerprint density at radius 2 is 1.88 bits per heavy atom. The number of hydrogen-bond donors (Lipinski definition) is 1. The molecule has 33 heavy (non-hydrogen) atoms. The molecule has 0 saturated carbocycles. The molecule has 0 aromatic heterocycles. The number of methoxy groups -OCH3 is 1. The minimum Gasteiger partial charge on any atom is -0.493 e. The highest BCUT2D eigenvalue weighted by atomic mass is 16.5. The second kappa shape index (κ2) is 8.08. The van der Waals surface area contributed by atoms with Crippen molar-refractivity contribution in [2.75, 3.05) is 20.2 Å². The number of piperidine rings is 1. The number of benzene rings is 1. The molecule has 0 bridgehead atoms. The molecule has 1 fully saturated rings. The summed E-state index contributed by atoms with van der Waals surface area (Å²) < 4.78 is 11.8. The van der Waals surface area contributed by atoms with Crippen LogP contribution in [0.3, 0.4) is 0 Å². The van der Waals surface area contributed by atoms with Gasteiger partial charge in [-0.1, -0.05) is 12.2 Å². The Labute approximate surface area is 193 Å². The summed E-state index contributed by atoms with van der Waals surface area (Å²) in [6.07, 6.45) is 6.76. The zero-order valence-corrected chi connectivity index (χ0v) is 19.4. The molecule has 2 atom stereocenters. The zero-order chi connectivity index (χ0) is 23.3. The number of hydrazone groups is 1. The summed E-state index contributed by atoms with van der Waals surface area (Å²) in [5.74, 6) is 1.42. The number of hydrogen-bond acceptors (Lipinski definition) is 5. The van der Waals surface area contributed by atoms with Gasteiger partial charge in [0.15, 0.2) is 11.5 Å². The van der Waals surface area contributed by atoms with Gasteiger partial charge in [-0.2, -0.15) is 5.10 Å². The van der Waals surface area contributed by atoms with Crippen molar-refractivity contribution in [1.29, 1.82) is 0 Å². The molecule has 1 saturated heterocycles. The molecule has 3 heterocycles. The molecule has 1 aromatic carbocycles. The highest BCUT2D eigenvalue weighted by molar-refractivity contribution is 6.08. The van der Waals surface area contributed by atoms with Crippen LogP contribution in [0.25, 0.3) is 0 Å². The van der Waals surface area contributed by atoms with Crippen molar-refractivity contribution in [3.05, 3.63) is 35.4 Å². The minimum atomic E-state index is -0.906. The number of nitrogens with zero attached hydrogens (tertiary/aromatic N) is 3. The second-order valence-corrected chi connectivity index (χ2v) is 9.99. The standard InChI is InChI=1S/C25H31N3O5/c1-25(2)14-19-17(8-9-20(32-3)22(19)33-25)21-16-6-4-5-7-18(16)23(29)28(26-21)15-10-12-27(13-11-15)24(30)31/h4-5,8-9,15-16,18H,6-7,10-14H2,1-3H3,(H,30,31)/t16-,18+/m0/s1. The zero-order valence-electron chi connectivity index (χ0n) is 19.4. The Hall–Kier alpha value is -3.03. The Morgan fingerprint density at radius 1 is 1.18 bits per heavy atom. The Bertz CT molecular complexity index is 1040. The van der Waals surface area contributed by atoms with Crippen LogP contribution in [0.5, 0.6) is 11.5 Å². The lowest BCUT2D eigenvalue weighted by atomic mass is 9.75. The number of amides is 2. The van der Waals surface area contributed by atoms with Gasteiger partial charge < -0.3 is 19.5 Å². The largest absolute Gasteiger partial charge is 0.493 e. The van der Waals surface area contributed by atoms with Crippen LogP contribution in [0, 0.1) is 11.8 Å². The van der Waals surface area contributed by atoms with Crippen molar-refractivity contribution in [1.82, 2.24) is 9.91 Å². The smallest absolute Gasteiger partial charge is 0.407 e. The predicted octanol–water partition coefficient (Wildman–Crippen LogP) is 3.68. The Morgan fingerprint density at radius 3 is 2.55 bits per heavy atom. The van der Waals surface area contributed by atoms with Gasteiger partial charge in [-0.05, 0) is 51.7 Å². The molecular weight excluding hydrogens is 422 g/mol. The normalized spacial score (nSPS) is 26.4. The van der Waals surface area contributed by atoms with Gasteiger partial charge in [0.2, 0.25) is 5.91 Å². The second-order valence-electron chi connectivity index (χ2n) is 9.99. The first-order valence-corrected chi connectivity index (χ1v) is 11.7. The van der Waals surface area contributed by atoms with Gasteiger partial charge in [0, 0.05) is 36.6 Å². The van der Waals surface area contributed by atoms with Crippen molar-refractivity contribution in [3.8, 4) is 11.5 Å². The lowest BCUT2D eigenvalue weighted by Gasteiger charge is -2.42. The third-order valence-corrected chi connectivity index (χ3v) is 7.32. The van der Waals surface area contributed by atoms with Crippen molar-refractivity contribution in [3.63, 3.8) is 0 Å². The van der Waals surface area contributed by atoms with E-state index in [0.717, 1.165) is 35.4 Å². The number of rotatable bonds is 3. The Kier molecular flexibility index (Phi) is 5.34. The monoisotopic (exact) mass is 453 g/mol. The Balaban J connectivity index is 1.55. The molecule has 8 heteroatoms. The highest BCUT2D eigenvalue weighted by Crippen LogP contribution is 2.46. The van der Waals surface area contributed by atoms with E-state index in [0.29, 0.717) is 38.1 Å². The number of likely N-dealkylation sites (tertiary alicyclic amines) is 1. The number of carboxylic acid groups (broad SMARTS) is 1. The van der Waals surface area contributed by atoms with E-state index in [1.165, 1.54) is 4.90 Å². The van der Waals surface area contributed by atoms with Gasteiger partial charge in [0.1, 0.15) is 5.60 Å². The molecule has 1 N–H and O–H groups in total. The summed E-state index contributed by atoms with van der Waals surface area (Å²) in [4.78, 5) is 26.2. The van der Waals surface area contributed by atoms with Gasteiger partial charge in [0.25, 0.3) is 0 Å². The molecule has 2 amide bonds. The third-order valence-electron chi connectivity index (χ3n) is 7.32. The number of carbonyl (C=O) groups is 2. The molecule has 0 unspecified atom stereocenters. The molecular formula is C25H31N3O5. The van der Waals surface area contributed by atoms with Crippen molar-refractivity contribution < 1.29 is 24.2 Å².